The highest BCUT2D eigenvalue weighted by molar-refractivity contribution is 6.31. The number of hydrogen-bond acceptors (Lipinski definition) is 3. The van der Waals surface area contributed by atoms with E-state index in [0.29, 0.717) is 18.7 Å². The highest BCUT2D eigenvalue weighted by Crippen LogP contribution is 2.23. The zero-order valence-corrected chi connectivity index (χ0v) is 14.2. The van der Waals surface area contributed by atoms with Gasteiger partial charge in [0, 0.05) is 5.02 Å². The Bertz CT molecular complexity index is 758. The van der Waals surface area contributed by atoms with Crippen molar-refractivity contribution in [1.82, 2.24) is 5.32 Å². The maximum atomic E-state index is 12.5. The van der Waals surface area contributed by atoms with Gasteiger partial charge in [-0.05, 0) is 43.7 Å². The third-order valence-electron chi connectivity index (χ3n) is 4.18. The largest absolute Gasteiger partial charge is 0.305 e. The van der Waals surface area contributed by atoms with Gasteiger partial charge in [-0.25, -0.2) is 4.90 Å². The van der Waals surface area contributed by atoms with Gasteiger partial charge in [-0.1, -0.05) is 47.5 Å². The van der Waals surface area contributed by atoms with E-state index in [4.69, 9.17) is 11.6 Å². The van der Waals surface area contributed by atoms with Crippen LogP contribution in [-0.4, -0.2) is 24.4 Å². The van der Waals surface area contributed by atoms with Crippen LogP contribution in [0.4, 0.5) is 5.69 Å². The summed E-state index contributed by atoms with van der Waals surface area (Å²) >= 11 is 6.13. The van der Waals surface area contributed by atoms with Gasteiger partial charge in [-0.3, -0.25) is 9.59 Å². The minimum absolute atomic E-state index is 0.168. The van der Waals surface area contributed by atoms with Crippen molar-refractivity contribution in [2.45, 2.75) is 25.8 Å². The molecule has 2 amide bonds. The Hall–Kier alpha value is -2.17. The molecule has 0 bridgehead atoms. The number of imide groups is 1. The predicted octanol–water partition coefficient (Wildman–Crippen LogP) is 3.11. The van der Waals surface area contributed by atoms with Gasteiger partial charge in [0.15, 0.2) is 0 Å². The minimum Gasteiger partial charge on any atom is -0.305 e. The standard InChI is InChI=1S/C19H19ClN2O2/c1-13-6-8-15(9-7-13)22-18(23)12-17(19(22)24)21-11-10-14-4-2-3-5-16(14)20/h2-9,17,21H,10-12H2,1H3/t17-/m1/s1. The molecule has 24 heavy (non-hydrogen) atoms. The second-order valence-electron chi connectivity index (χ2n) is 5.96. The lowest BCUT2D eigenvalue weighted by Gasteiger charge is -2.16. The molecule has 0 aliphatic carbocycles. The zero-order valence-electron chi connectivity index (χ0n) is 13.5. The van der Waals surface area contributed by atoms with Crippen LogP contribution in [-0.2, 0) is 16.0 Å². The van der Waals surface area contributed by atoms with E-state index in [9.17, 15) is 9.59 Å². The van der Waals surface area contributed by atoms with Crippen LogP contribution in [0.1, 0.15) is 17.5 Å². The molecule has 0 unspecified atom stereocenters. The number of benzene rings is 2. The van der Waals surface area contributed by atoms with Crippen LogP contribution < -0.4 is 10.2 Å². The summed E-state index contributed by atoms with van der Waals surface area (Å²) in [7, 11) is 0. The van der Waals surface area contributed by atoms with Gasteiger partial charge in [-0.2, -0.15) is 0 Å². The second kappa shape index (κ2) is 7.16. The first-order valence-electron chi connectivity index (χ1n) is 7.96. The number of nitrogens with zero attached hydrogens (tertiary/aromatic N) is 1. The number of nitrogens with one attached hydrogen (secondary N) is 1. The van der Waals surface area contributed by atoms with Crippen LogP contribution in [0.25, 0.3) is 0 Å². The summed E-state index contributed by atoms with van der Waals surface area (Å²) < 4.78 is 0. The normalized spacial score (nSPS) is 17.6. The molecule has 1 aliphatic heterocycles. The quantitative estimate of drug-likeness (QED) is 0.849. The Morgan fingerprint density at radius 3 is 2.54 bits per heavy atom. The molecule has 1 fully saturated rings. The van der Waals surface area contributed by atoms with E-state index < -0.39 is 6.04 Å². The van der Waals surface area contributed by atoms with Crippen LogP contribution in [0.5, 0.6) is 0 Å². The summed E-state index contributed by atoms with van der Waals surface area (Å²) in [5.41, 5.74) is 2.75. The monoisotopic (exact) mass is 342 g/mol. The molecule has 0 saturated carbocycles. The molecule has 1 aliphatic rings. The molecule has 1 heterocycles. The summed E-state index contributed by atoms with van der Waals surface area (Å²) in [6.45, 7) is 2.56. The van der Waals surface area contributed by atoms with E-state index >= 15 is 0 Å². The molecule has 2 aromatic carbocycles. The smallest absolute Gasteiger partial charge is 0.251 e. The number of anilines is 1. The molecule has 124 valence electrons. The van der Waals surface area contributed by atoms with Crippen molar-refractivity contribution >= 4 is 29.1 Å². The van der Waals surface area contributed by atoms with Gasteiger partial charge < -0.3 is 5.32 Å². The van der Waals surface area contributed by atoms with Crippen molar-refractivity contribution < 1.29 is 9.59 Å². The summed E-state index contributed by atoms with van der Waals surface area (Å²) in [6, 6.07) is 14.6. The third-order valence-corrected chi connectivity index (χ3v) is 4.55. The SMILES string of the molecule is Cc1ccc(N2C(=O)C[C@@H](NCCc3ccccc3Cl)C2=O)cc1. The van der Waals surface area contributed by atoms with E-state index in [2.05, 4.69) is 5.32 Å². The Balaban J connectivity index is 1.62. The first kappa shape index (κ1) is 16.7. The highest BCUT2D eigenvalue weighted by Gasteiger charge is 2.39. The summed E-state index contributed by atoms with van der Waals surface area (Å²) in [6.07, 6.45) is 0.900. The number of amides is 2. The molecule has 5 heteroatoms. The maximum Gasteiger partial charge on any atom is 0.251 e. The van der Waals surface area contributed by atoms with Crippen molar-refractivity contribution in [2.24, 2.45) is 0 Å². The van der Waals surface area contributed by atoms with Gasteiger partial charge in [0.25, 0.3) is 5.91 Å². The Kier molecular flexibility index (Phi) is 4.97. The fraction of sp³-hybridized carbons (Fsp3) is 0.263. The average Bonchev–Trinajstić information content (AvgIpc) is 2.84. The molecule has 1 atom stereocenters. The maximum absolute atomic E-state index is 12.5. The van der Waals surface area contributed by atoms with Crippen LogP contribution in [0, 0.1) is 6.92 Å². The summed E-state index contributed by atoms with van der Waals surface area (Å²) in [5.74, 6) is -0.359. The predicted molar refractivity (Wildman–Crippen MR) is 95.2 cm³/mol. The molecular weight excluding hydrogens is 324 g/mol. The average molecular weight is 343 g/mol. The van der Waals surface area contributed by atoms with Crippen LogP contribution >= 0.6 is 11.6 Å². The Morgan fingerprint density at radius 1 is 1.12 bits per heavy atom. The number of carbonyl (C=O) groups excluding carboxylic acids is 2. The summed E-state index contributed by atoms with van der Waals surface area (Å²) in [5, 5.41) is 3.89. The van der Waals surface area contributed by atoms with Gasteiger partial charge in [0.05, 0.1) is 18.2 Å². The summed E-state index contributed by atoms with van der Waals surface area (Å²) in [4.78, 5) is 26.0. The van der Waals surface area contributed by atoms with E-state index in [1.807, 2.05) is 43.3 Å². The number of aryl methyl sites for hydroxylation is 1. The molecule has 3 rings (SSSR count). The molecular formula is C19H19ClN2O2. The topological polar surface area (TPSA) is 49.4 Å². The second-order valence-corrected chi connectivity index (χ2v) is 6.36. The number of rotatable bonds is 5. The van der Waals surface area contributed by atoms with E-state index in [-0.39, 0.29) is 18.2 Å². The van der Waals surface area contributed by atoms with E-state index in [1.54, 1.807) is 12.1 Å². The lowest BCUT2D eigenvalue weighted by molar-refractivity contribution is -0.121. The van der Waals surface area contributed by atoms with Crippen LogP contribution in [0.2, 0.25) is 5.02 Å². The lowest BCUT2D eigenvalue weighted by Crippen LogP contribution is -2.39. The third kappa shape index (κ3) is 3.50. The Labute approximate surface area is 146 Å². The molecule has 1 N–H and O–H groups in total. The Morgan fingerprint density at radius 2 is 1.83 bits per heavy atom. The van der Waals surface area contributed by atoms with Crippen molar-refractivity contribution in [2.75, 3.05) is 11.4 Å². The van der Waals surface area contributed by atoms with Crippen molar-refractivity contribution in [1.29, 1.82) is 0 Å². The molecule has 2 aromatic rings. The number of carbonyl (C=O) groups is 2. The van der Waals surface area contributed by atoms with Crippen LogP contribution in [0.3, 0.4) is 0 Å². The fourth-order valence-electron chi connectivity index (χ4n) is 2.84. The van der Waals surface area contributed by atoms with Crippen molar-refractivity contribution in [3.63, 3.8) is 0 Å². The molecule has 1 saturated heterocycles. The van der Waals surface area contributed by atoms with Gasteiger partial charge in [0.2, 0.25) is 5.91 Å². The molecule has 4 nitrogen and oxygen atoms in total. The molecule has 0 radical (unpaired) electrons. The minimum atomic E-state index is -0.471. The van der Waals surface area contributed by atoms with Gasteiger partial charge in [-0.15, -0.1) is 0 Å². The van der Waals surface area contributed by atoms with Gasteiger partial charge in [0.1, 0.15) is 0 Å². The fourth-order valence-corrected chi connectivity index (χ4v) is 3.07. The number of halogens is 1. The zero-order chi connectivity index (χ0) is 17.1. The van der Waals surface area contributed by atoms with Crippen molar-refractivity contribution in [3.8, 4) is 0 Å². The first-order valence-corrected chi connectivity index (χ1v) is 8.34. The van der Waals surface area contributed by atoms with Crippen LogP contribution in [0.15, 0.2) is 48.5 Å². The van der Waals surface area contributed by atoms with Crippen molar-refractivity contribution in [3.05, 3.63) is 64.7 Å². The number of hydrogen-bond donors (Lipinski definition) is 1. The van der Waals surface area contributed by atoms with E-state index in [1.165, 1.54) is 4.90 Å². The van der Waals surface area contributed by atoms with E-state index in [0.717, 1.165) is 16.1 Å². The highest BCUT2D eigenvalue weighted by atomic mass is 35.5. The molecule has 0 spiro atoms. The molecule has 0 aromatic heterocycles. The van der Waals surface area contributed by atoms with Gasteiger partial charge >= 0.3 is 0 Å². The lowest BCUT2D eigenvalue weighted by atomic mass is 10.1. The first-order chi connectivity index (χ1) is 11.6.